The second-order valence-electron chi connectivity index (χ2n) is 4.83. The Morgan fingerprint density at radius 1 is 1.32 bits per heavy atom. The smallest absolute Gasteiger partial charge is 0.163 e. The summed E-state index contributed by atoms with van der Waals surface area (Å²) in [7, 11) is 0. The van der Waals surface area contributed by atoms with Crippen molar-refractivity contribution in [2.24, 2.45) is 0 Å². The van der Waals surface area contributed by atoms with Gasteiger partial charge in [-0.05, 0) is 37.3 Å². The van der Waals surface area contributed by atoms with E-state index < -0.39 is 5.82 Å². The number of pyridine rings is 1. The van der Waals surface area contributed by atoms with Gasteiger partial charge in [-0.1, -0.05) is 11.6 Å². The van der Waals surface area contributed by atoms with Crippen LogP contribution in [0.2, 0.25) is 5.02 Å². The normalized spacial score (nSPS) is 10.9. The molecule has 0 saturated heterocycles. The first-order valence-electron chi connectivity index (χ1n) is 6.59. The van der Waals surface area contributed by atoms with E-state index in [1.165, 1.54) is 25.1 Å². The van der Waals surface area contributed by atoms with Gasteiger partial charge < -0.3 is 9.14 Å². The highest BCUT2D eigenvalue weighted by molar-refractivity contribution is 6.30. The molecule has 0 saturated carbocycles. The molecule has 0 unspecified atom stereocenters. The number of imidazole rings is 1. The minimum atomic E-state index is -0.472. The molecule has 0 N–H and O–H groups in total. The van der Waals surface area contributed by atoms with Crippen LogP contribution in [-0.4, -0.2) is 15.2 Å². The molecule has 2 heterocycles. The van der Waals surface area contributed by atoms with Crippen LogP contribution in [0.4, 0.5) is 4.39 Å². The summed E-state index contributed by atoms with van der Waals surface area (Å²) < 4.78 is 20.6. The quantitative estimate of drug-likeness (QED) is 0.685. The molecule has 1 aromatic carbocycles. The van der Waals surface area contributed by atoms with E-state index in [0.29, 0.717) is 16.5 Å². The molecule has 0 radical (unpaired) electrons. The second kappa shape index (κ2) is 5.77. The molecule has 3 rings (SSSR count). The summed E-state index contributed by atoms with van der Waals surface area (Å²) in [5.41, 5.74) is 1.64. The zero-order valence-corrected chi connectivity index (χ0v) is 12.5. The van der Waals surface area contributed by atoms with E-state index in [-0.39, 0.29) is 18.0 Å². The Hall–Kier alpha value is -2.40. The Kier molecular flexibility index (Phi) is 3.81. The zero-order chi connectivity index (χ0) is 15.7. The summed E-state index contributed by atoms with van der Waals surface area (Å²) >= 11 is 5.92. The van der Waals surface area contributed by atoms with Crippen molar-refractivity contribution in [3.63, 3.8) is 0 Å². The molecule has 0 aliphatic carbocycles. The molecule has 0 aliphatic heterocycles. The van der Waals surface area contributed by atoms with E-state index in [2.05, 4.69) is 4.98 Å². The molecule has 0 atom stereocenters. The fraction of sp³-hybridized carbons (Fsp3) is 0.125. The number of hydrogen-bond donors (Lipinski definition) is 0. The number of carbonyl (C=O) groups is 1. The Balaban J connectivity index is 1.83. The SMILES string of the molecule is CC(=O)c1cc(F)ccc1OCc1cn2cc(Cl)ccc2n1. The number of carbonyl (C=O) groups excluding carboxylic acids is 1. The number of rotatable bonds is 4. The van der Waals surface area contributed by atoms with Crippen molar-refractivity contribution >= 4 is 23.0 Å². The Labute approximate surface area is 131 Å². The molecule has 112 valence electrons. The van der Waals surface area contributed by atoms with E-state index in [9.17, 15) is 9.18 Å². The lowest BCUT2D eigenvalue weighted by molar-refractivity contribution is 0.101. The summed E-state index contributed by atoms with van der Waals surface area (Å²) in [5, 5.41) is 0.606. The predicted molar refractivity (Wildman–Crippen MR) is 80.9 cm³/mol. The van der Waals surface area contributed by atoms with Gasteiger partial charge in [0, 0.05) is 12.4 Å². The van der Waals surface area contributed by atoms with Gasteiger partial charge in [0.05, 0.1) is 16.3 Å². The van der Waals surface area contributed by atoms with Crippen molar-refractivity contribution in [1.29, 1.82) is 0 Å². The first-order chi connectivity index (χ1) is 10.5. The highest BCUT2D eigenvalue weighted by Gasteiger charge is 2.11. The van der Waals surface area contributed by atoms with E-state index >= 15 is 0 Å². The maximum atomic E-state index is 13.2. The Bertz CT molecular complexity index is 860. The molecule has 0 aliphatic rings. The van der Waals surface area contributed by atoms with E-state index in [4.69, 9.17) is 16.3 Å². The number of fused-ring (bicyclic) bond motifs is 1. The van der Waals surface area contributed by atoms with Gasteiger partial charge in [-0.15, -0.1) is 0 Å². The van der Waals surface area contributed by atoms with Gasteiger partial charge in [-0.3, -0.25) is 4.79 Å². The van der Waals surface area contributed by atoms with Crippen molar-refractivity contribution in [3.05, 3.63) is 64.8 Å². The average molecular weight is 319 g/mol. The molecule has 0 spiro atoms. The number of ketones is 1. The number of aromatic nitrogens is 2. The highest BCUT2D eigenvalue weighted by atomic mass is 35.5. The maximum absolute atomic E-state index is 13.2. The molecule has 0 fully saturated rings. The van der Waals surface area contributed by atoms with Crippen molar-refractivity contribution in [3.8, 4) is 5.75 Å². The number of hydrogen-bond acceptors (Lipinski definition) is 3. The summed E-state index contributed by atoms with van der Waals surface area (Å²) in [5.74, 6) is -0.389. The summed E-state index contributed by atoms with van der Waals surface area (Å²) in [6.07, 6.45) is 3.53. The van der Waals surface area contributed by atoms with Gasteiger partial charge >= 0.3 is 0 Å². The first kappa shape index (κ1) is 14.5. The molecular weight excluding hydrogens is 307 g/mol. The lowest BCUT2D eigenvalue weighted by Crippen LogP contribution is -2.02. The van der Waals surface area contributed by atoms with Crippen LogP contribution in [-0.2, 0) is 6.61 Å². The van der Waals surface area contributed by atoms with Crippen LogP contribution in [0, 0.1) is 5.82 Å². The molecular formula is C16H12ClFN2O2. The maximum Gasteiger partial charge on any atom is 0.163 e. The molecule has 0 bridgehead atoms. The minimum Gasteiger partial charge on any atom is -0.486 e. The van der Waals surface area contributed by atoms with E-state index in [1.807, 2.05) is 0 Å². The van der Waals surface area contributed by atoms with Crippen molar-refractivity contribution in [2.75, 3.05) is 0 Å². The third kappa shape index (κ3) is 2.94. The standard InChI is InChI=1S/C16H12ClFN2O2/c1-10(21)14-6-12(18)3-4-15(14)22-9-13-8-20-7-11(17)2-5-16(20)19-13/h2-8H,9H2,1H3. The predicted octanol–water partition coefficient (Wildman–Crippen LogP) is 3.91. The van der Waals surface area contributed by atoms with Crippen molar-refractivity contribution < 1.29 is 13.9 Å². The zero-order valence-electron chi connectivity index (χ0n) is 11.7. The summed E-state index contributed by atoms with van der Waals surface area (Å²) in [6.45, 7) is 1.54. The fourth-order valence-corrected chi connectivity index (χ4v) is 2.31. The number of benzene rings is 1. The number of Topliss-reactive ketones (excluding diaryl/α,β-unsaturated/α-hetero) is 1. The van der Waals surface area contributed by atoms with Crippen LogP contribution >= 0.6 is 11.6 Å². The van der Waals surface area contributed by atoms with Crippen LogP contribution < -0.4 is 4.74 Å². The lowest BCUT2D eigenvalue weighted by Gasteiger charge is -2.08. The largest absolute Gasteiger partial charge is 0.486 e. The molecule has 0 amide bonds. The van der Waals surface area contributed by atoms with Gasteiger partial charge in [0.1, 0.15) is 23.8 Å². The Morgan fingerprint density at radius 3 is 2.91 bits per heavy atom. The number of ether oxygens (including phenoxy) is 1. The molecule has 6 heteroatoms. The summed E-state index contributed by atoms with van der Waals surface area (Å²) in [6, 6.07) is 7.41. The molecule has 3 aromatic rings. The van der Waals surface area contributed by atoms with Crippen LogP contribution in [0.25, 0.3) is 5.65 Å². The van der Waals surface area contributed by atoms with Gasteiger partial charge in [0.15, 0.2) is 5.78 Å². The topological polar surface area (TPSA) is 43.6 Å². The van der Waals surface area contributed by atoms with Gasteiger partial charge in [0.2, 0.25) is 0 Å². The van der Waals surface area contributed by atoms with Crippen molar-refractivity contribution in [2.45, 2.75) is 13.5 Å². The first-order valence-corrected chi connectivity index (χ1v) is 6.97. The van der Waals surface area contributed by atoms with Crippen molar-refractivity contribution in [1.82, 2.24) is 9.38 Å². The van der Waals surface area contributed by atoms with Gasteiger partial charge in [0.25, 0.3) is 0 Å². The lowest BCUT2D eigenvalue weighted by atomic mass is 10.1. The minimum absolute atomic E-state index is 0.172. The number of nitrogens with zero attached hydrogens (tertiary/aromatic N) is 2. The Morgan fingerprint density at radius 2 is 2.14 bits per heavy atom. The molecule has 2 aromatic heterocycles. The van der Waals surface area contributed by atoms with E-state index in [1.54, 1.807) is 28.9 Å². The molecule has 4 nitrogen and oxygen atoms in total. The van der Waals surface area contributed by atoms with Crippen LogP contribution in [0.5, 0.6) is 5.75 Å². The molecule has 22 heavy (non-hydrogen) atoms. The summed E-state index contributed by atoms with van der Waals surface area (Å²) in [4.78, 5) is 15.9. The van der Waals surface area contributed by atoms with Crippen LogP contribution in [0.3, 0.4) is 0 Å². The van der Waals surface area contributed by atoms with E-state index in [0.717, 1.165) is 5.65 Å². The van der Waals surface area contributed by atoms with Crippen LogP contribution in [0.1, 0.15) is 23.0 Å². The third-order valence-corrected chi connectivity index (χ3v) is 3.38. The second-order valence-corrected chi connectivity index (χ2v) is 5.27. The third-order valence-electron chi connectivity index (χ3n) is 3.16. The van der Waals surface area contributed by atoms with Crippen LogP contribution in [0.15, 0.2) is 42.7 Å². The van der Waals surface area contributed by atoms with Gasteiger partial charge in [-0.2, -0.15) is 0 Å². The van der Waals surface area contributed by atoms with Gasteiger partial charge in [-0.25, -0.2) is 9.37 Å². The fourth-order valence-electron chi connectivity index (χ4n) is 2.14. The number of halogens is 2. The average Bonchev–Trinajstić information content (AvgIpc) is 2.87. The monoisotopic (exact) mass is 318 g/mol. The highest BCUT2D eigenvalue weighted by Crippen LogP contribution is 2.21.